The zero-order valence-electron chi connectivity index (χ0n) is 10.7. The van der Waals surface area contributed by atoms with E-state index in [0.29, 0.717) is 0 Å². The lowest BCUT2D eigenvalue weighted by molar-refractivity contribution is -0.120. The molecule has 1 saturated heterocycles. The molecule has 1 aliphatic heterocycles. The molecule has 0 aliphatic carbocycles. The number of benzene rings is 1. The van der Waals surface area contributed by atoms with Crippen LogP contribution in [0.3, 0.4) is 0 Å². The van der Waals surface area contributed by atoms with Gasteiger partial charge >= 0.3 is 0 Å². The molecule has 0 atom stereocenters. The number of amides is 1. The minimum absolute atomic E-state index is 0.119. The molecule has 0 radical (unpaired) electrons. The molecule has 3 rings (SSSR count). The lowest BCUT2D eigenvalue weighted by Gasteiger charge is -2.22. The number of pyridine rings is 1. The van der Waals surface area contributed by atoms with Crippen molar-refractivity contribution in [1.82, 2.24) is 10.3 Å². The zero-order valence-corrected chi connectivity index (χ0v) is 10.7. The van der Waals surface area contributed by atoms with Gasteiger partial charge in [-0.05, 0) is 50.2 Å². The zero-order chi connectivity index (χ0) is 13.1. The van der Waals surface area contributed by atoms with E-state index in [2.05, 4.69) is 15.6 Å². The van der Waals surface area contributed by atoms with E-state index >= 15 is 0 Å². The average molecular weight is 255 g/mol. The number of anilines is 1. The summed E-state index contributed by atoms with van der Waals surface area (Å²) in [6.07, 6.45) is 3.59. The third-order valence-corrected chi connectivity index (χ3v) is 3.61. The highest BCUT2D eigenvalue weighted by Crippen LogP contribution is 2.23. The van der Waals surface area contributed by atoms with Crippen LogP contribution in [0.15, 0.2) is 36.5 Å². The van der Waals surface area contributed by atoms with E-state index in [1.807, 2.05) is 30.3 Å². The van der Waals surface area contributed by atoms with Crippen LogP contribution in [-0.2, 0) is 4.79 Å². The van der Waals surface area contributed by atoms with E-state index < -0.39 is 0 Å². The van der Waals surface area contributed by atoms with E-state index in [4.69, 9.17) is 0 Å². The summed E-state index contributed by atoms with van der Waals surface area (Å²) in [6, 6.07) is 9.69. The van der Waals surface area contributed by atoms with Crippen molar-refractivity contribution in [3.8, 4) is 0 Å². The molecule has 1 aromatic heterocycles. The molecule has 2 N–H and O–H groups in total. The Bertz CT molecular complexity index is 585. The highest BCUT2D eigenvalue weighted by atomic mass is 16.1. The predicted molar refractivity (Wildman–Crippen MR) is 76.0 cm³/mol. The van der Waals surface area contributed by atoms with Gasteiger partial charge in [0.25, 0.3) is 0 Å². The number of carbonyl (C=O) groups is 1. The third-order valence-electron chi connectivity index (χ3n) is 3.61. The van der Waals surface area contributed by atoms with Crippen LogP contribution in [-0.4, -0.2) is 24.0 Å². The smallest absolute Gasteiger partial charge is 0.227 e. The second-order valence-corrected chi connectivity index (χ2v) is 4.89. The normalized spacial score (nSPS) is 16.4. The SMILES string of the molecule is O=C(Nc1cccc2ncccc12)C1CCNCC1. The van der Waals surface area contributed by atoms with Crippen molar-refractivity contribution in [3.63, 3.8) is 0 Å². The molecule has 0 unspecified atom stereocenters. The van der Waals surface area contributed by atoms with Gasteiger partial charge < -0.3 is 10.6 Å². The summed E-state index contributed by atoms with van der Waals surface area (Å²) in [7, 11) is 0. The van der Waals surface area contributed by atoms with Gasteiger partial charge in [-0.15, -0.1) is 0 Å². The number of rotatable bonds is 2. The fourth-order valence-electron chi connectivity index (χ4n) is 2.53. The monoisotopic (exact) mass is 255 g/mol. The number of carbonyl (C=O) groups excluding carboxylic acids is 1. The summed E-state index contributed by atoms with van der Waals surface area (Å²) in [6.45, 7) is 1.85. The standard InChI is InChI=1S/C15H17N3O/c19-15(11-6-9-16-10-7-11)18-14-5-1-4-13-12(14)3-2-8-17-13/h1-5,8,11,16H,6-7,9-10H2,(H,18,19). The van der Waals surface area contributed by atoms with Gasteiger partial charge in [0.05, 0.1) is 11.2 Å². The summed E-state index contributed by atoms with van der Waals surface area (Å²) < 4.78 is 0. The van der Waals surface area contributed by atoms with E-state index in [-0.39, 0.29) is 11.8 Å². The molecule has 1 aromatic carbocycles. The topological polar surface area (TPSA) is 54.0 Å². The van der Waals surface area contributed by atoms with Crippen LogP contribution in [0.25, 0.3) is 10.9 Å². The highest BCUT2D eigenvalue weighted by molar-refractivity contribution is 6.01. The fraction of sp³-hybridized carbons (Fsp3) is 0.333. The first kappa shape index (κ1) is 12.1. The molecule has 2 aromatic rings. The number of hydrogen-bond acceptors (Lipinski definition) is 3. The van der Waals surface area contributed by atoms with Crippen LogP contribution in [0.4, 0.5) is 5.69 Å². The number of nitrogens with one attached hydrogen (secondary N) is 2. The first-order chi connectivity index (χ1) is 9.34. The highest BCUT2D eigenvalue weighted by Gasteiger charge is 2.21. The van der Waals surface area contributed by atoms with E-state index in [0.717, 1.165) is 42.5 Å². The van der Waals surface area contributed by atoms with Gasteiger partial charge in [0.15, 0.2) is 0 Å². The maximum atomic E-state index is 12.3. The Morgan fingerprint density at radius 2 is 2.05 bits per heavy atom. The van der Waals surface area contributed by atoms with Crippen LogP contribution in [0.2, 0.25) is 0 Å². The quantitative estimate of drug-likeness (QED) is 0.864. The van der Waals surface area contributed by atoms with Crippen molar-refractivity contribution in [3.05, 3.63) is 36.5 Å². The van der Waals surface area contributed by atoms with E-state index in [1.54, 1.807) is 6.20 Å². The second-order valence-electron chi connectivity index (χ2n) is 4.89. The number of fused-ring (bicyclic) bond motifs is 1. The Morgan fingerprint density at radius 3 is 2.89 bits per heavy atom. The van der Waals surface area contributed by atoms with Crippen molar-refractivity contribution in [1.29, 1.82) is 0 Å². The van der Waals surface area contributed by atoms with Gasteiger partial charge in [-0.1, -0.05) is 6.07 Å². The Kier molecular flexibility index (Phi) is 3.42. The Hall–Kier alpha value is -1.94. The lowest BCUT2D eigenvalue weighted by atomic mass is 9.97. The molecule has 4 nitrogen and oxygen atoms in total. The lowest BCUT2D eigenvalue weighted by Crippen LogP contribution is -2.34. The third kappa shape index (κ3) is 2.58. The summed E-state index contributed by atoms with van der Waals surface area (Å²) in [5.41, 5.74) is 1.76. The van der Waals surface area contributed by atoms with Crippen LogP contribution in [0, 0.1) is 5.92 Å². The molecular weight excluding hydrogens is 238 g/mol. The van der Waals surface area contributed by atoms with Gasteiger partial charge in [-0.2, -0.15) is 0 Å². The van der Waals surface area contributed by atoms with Crippen LogP contribution in [0.5, 0.6) is 0 Å². The second kappa shape index (κ2) is 5.36. The fourth-order valence-corrected chi connectivity index (χ4v) is 2.53. The minimum atomic E-state index is 0.119. The van der Waals surface area contributed by atoms with Gasteiger partial charge in [0.1, 0.15) is 0 Å². The summed E-state index contributed by atoms with van der Waals surface area (Å²) in [5, 5.41) is 7.31. The number of hydrogen-bond donors (Lipinski definition) is 2. The maximum absolute atomic E-state index is 12.3. The van der Waals surface area contributed by atoms with Crippen molar-refractivity contribution in [2.75, 3.05) is 18.4 Å². The molecule has 98 valence electrons. The minimum Gasteiger partial charge on any atom is -0.325 e. The number of piperidine rings is 1. The predicted octanol–water partition coefficient (Wildman–Crippen LogP) is 2.17. The van der Waals surface area contributed by atoms with Crippen LogP contribution in [0.1, 0.15) is 12.8 Å². The van der Waals surface area contributed by atoms with Crippen molar-refractivity contribution < 1.29 is 4.79 Å². The largest absolute Gasteiger partial charge is 0.325 e. The first-order valence-electron chi connectivity index (χ1n) is 6.70. The molecule has 1 aliphatic rings. The molecule has 4 heteroatoms. The van der Waals surface area contributed by atoms with Gasteiger partial charge in [-0.25, -0.2) is 0 Å². The average Bonchev–Trinajstić information content (AvgIpc) is 2.48. The number of aromatic nitrogens is 1. The molecule has 1 fully saturated rings. The maximum Gasteiger partial charge on any atom is 0.227 e. The Morgan fingerprint density at radius 1 is 1.21 bits per heavy atom. The molecule has 2 heterocycles. The summed E-state index contributed by atoms with van der Waals surface area (Å²) in [4.78, 5) is 16.6. The van der Waals surface area contributed by atoms with Gasteiger partial charge in [0.2, 0.25) is 5.91 Å². The Balaban J connectivity index is 1.82. The van der Waals surface area contributed by atoms with Crippen molar-refractivity contribution >= 4 is 22.5 Å². The van der Waals surface area contributed by atoms with Crippen molar-refractivity contribution in [2.45, 2.75) is 12.8 Å². The molecule has 0 bridgehead atoms. The molecule has 0 spiro atoms. The number of nitrogens with zero attached hydrogens (tertiary/aromatic N) is 1. The van der Waals surface area contributed by atoms with Crippen LogP contribution < -0.4 is 10.6 Å². The first-order valence-corrected chi connectivity index (χ1v) is 6.70. The van der Waals surface area contributed by atoms with Gasteiger partial charge in [0, 0.05) is 17.5 Å². The molecule has 19 heavy (non-hydrogen) atoms. The Labute approximate surface area is 112 Å². The molecule has 1 amide bonds. The molecule has 0 saturated carbocycles. The van der Waals surface area contributed by atoms with E-state index in [9.17, 15) is 4.79 Å². The van der Waals surface area contributed by atoms with Crippen molar-refractivity contribution in [2.24, 2.45) is 5.92 Å². The summed E-state index contributed by atoms with van der Waals surface area (Å²) in [5.74, 6) is 0.242. The van der Waals surface area contributed by atoms with Gasteiger partial charge in [-0.3, -0.25) is 9.78 Å². The van der Waals surface area contributed by atoms with Crippen LogP contribution >= 0.6 is 0 Å². The van der Waals surface area contributed by atoms with E-state index in [1.165, 1.54) is 0 Å². The molecular formula is C15H17N3O. The summed E-state index contributed by atoms with van der Waals surface area (Å²) >= 11 is 0.